The Hall–Kier alpha value is -3.18. The van der Waals surface area contributed by atoms with Crippen LogP contribution < -0.4 is 16.4 Å². The van der Waals surface area contributed by atoms with Gasteiger partial charge in [-0.15, -0.1) is 0 Å². The molecule has 0 aliphatic carbocycles. The highest BCUT2D eigenvalue weighted by Crippen LogP contribution is 2.32. The molecule has 0 saturated carbocycles. The fraction of sp³-hybridized carbons (Fsp3) is 0.609. The molecule has 0 fully saturated rings. The van der Waals surface area contributed by atoms with Gasteiger partial charge in [0.05, 0.1) is 5.56 Å². The molecule has 196 valence electrons. The van der Waals surface area contributed by atoms with Crippen molar-refractivity contribution in [1.82, 2.24) is 10.6 Å². The summed E-state index contributed by atoms with van der Waals surface area (Å²) in [7, 11) is 0. The van der Waals surface area contributed by atoms with E-state index >= 15 is 0 Å². The molecule has 0 heterocycles. The Bertz CT molecular complexity index is 928. The number of alkyl halides is 3. The number of primary amides is 1. The molecule has 35 heavy (non-hydrogen) atoms. The van der Waals surface area contributed by atoms with Crippen LogP contribution in [0.15, 0.2) is 24.3 Å². The molecule has 9 nitrogen and oxygen atoms in total. The normalized spacial score (nSPS) is 14.7. The highest BCUT2D eigenvalue weighted by atomic mass is 19.4. The van der Waals surface area contributed by atoms with Gasteiger partial charge in [-0.3, -0.25) is 24.5 Å². The van der Waals surface area contributed by atoms with E-state index in [1.165, 1.54) is 18.2 Å². The zero-order chi connectivity index (χ0) is 27.1. The Morgan fingerprint density at radius 1 is 1.06 bits per heavy atom. The zero-order valence-corrected chi connectivity index (χ0v) is 20.4. The van der Waals surface area contributed by atoms with Gasteiger partial charge in [-0.05, 0) is 29.4 Å². The molecule has 3 amide bonds. The molecule has 4 N–H and O–H groups in total. The number of nitrogens with one attached hydrogen (secondary N) is 2. The lowest BCUT2D eigenvalue weighted by molar-refractivity contribution is -0.486. The molecule has 0 spiro atoms. The number of hydrogen-bond acceptors (Lipinski definition) is 5. The van der Waals surface area contributed by atoms with Crippen LogP contribution in [0.25, 0.3) is 0 Å². The second-order valence-corrected chi connectivity index (χ2v) is 9.97. The van der Waals surface area contributed by atoms with E-state index in [0.29, 0.717) is 0 Å². The fourth-order valence-electron chi connectivity index (χ4n) is 3.62. The first-order chi connectivity index (χ1) is 15.9. The fourth-order valence-corrected chi connectivity index (χ4v) is 3.62. The molecule has 1 aromatic rings. The summed E-state index contributed by atoms with van der Waals surface area (Å²) >= 11 is 0. The van der Waals surface area contributed by atoms with Crippen LogP contribution in [-0.2, 0) is 27.0 Å². The molecule has 0 saturated heterocycles. The molecule has 0 aromatic heterocycles. The van der Waals surface area contributed by atoms with Gasteiger partial charge in [0.2, 0.25) is 24.3 Å². The van der Waals surface area contributed by atoms with Crippen molar-refractivity contribution in [2.24, 2.45) is 23.0 Å². The molecule has 1 rings (SSSR count). The zero-order valence-electron chi connectivity index (χ0n) is 20.4. The molecular weight excluding hydrogens is 469 g/mol. The lowest BCUT2D eigenvalue weighted by atomic mass is 9.85. The Balaban J connectivity index is 3.16. The molecule has 1 aromatic carbocycles. The van der Waals surface area contributed by atoms with Crippen LogP contribution >= 0.6 is 0 Å². The van der Waals surface area contributed by atoms with Gasteiger partial charge in [-0.25, -0.2) is 0 Å². The van der Waals surface area contributed by atoms with Crippen LogP contribution in [0.2, 0.25) is 0 Å². The van der Waals surface area contributed by atoms with E-state index in [-0.39, 0.29) is 17.9 Å². The van der Waals surface area contributed by atoms with Crippen molar-refractivity contribution >= 4 is 17.7 Å². The molecule has 0 bridgehead atoms. The standard InChI is InChI=1S/C23H33F3N4O5/c1-13(2)10-15(12-30(34)35)20(32)29-18(22(3,4)5)21(33)28-17(19(27)31)11-14-8-6-7-9-16(14)23(24,25)26/h6-9,13,15,17-18H,10-12H2,1-5H3,(H2,27,31)(H,28,33)(H,29,32)/t15-,17+,18-/m1/s1. The molecule has 0 aliphatic heterocycles. The minimum absolute atomic E-state index is 0.0273. The summed E-state index contributed by atoms with van der Waals surface area (Å²) in [5.41, 5.74) is 3.27. The van der Waals surface area contributed by atoms with E-state index in [1.54, 1.807) is 34.6 Å². The van der Waals surface area contributed by atoms with Crippen molar-refractivity contribution in [3.05, 3.63) is 45.5 Å². The smallest absolute Gasteiger partial charge is 0.368 e. The first-order valence-corrected chi connectivity index (χ1v) is 11.1. The Kier molecular flexibility index (Phi) is 10.2. The summed E-state index contributed by atoms with van der Waals surface area (Å²) in [6.45, 7) is 7.84. The van der Waals surface area contributed by atoms with Crippen molar-refractivity contribution in [2.45, 2.75) is 65.7 Å². The number of hydrogen-bond donors (Lipinski definition) is 3. The van der Waals surface area contributed by atoms with Crippen LogP contribution in [0.1, 0.15) is 52.2 Å². The van der Waals surface area contributed by atoms with Crippen molar-refractivity contribution in [1.29, 1.82) is 0 Å². The SMILES string of the molecule is CC(C)C[C@H](C[N+](=O)[O-])C(=O)N[C@H](C(=O)N[C@@H](Cc1ccccc1C(F)(F)F)C(N)=O)C(C)(C)C. The summed E-state index contributed by atoms with van der Waals surface area (Å²) in [6.07, 6.45) is -4.98. The number of carbonyl (C=O) groups excluding carboxylic acids is 3. The molecule has 12 heteroatoms. The Morgan fingerprint density at radius 3 is 2.09 bits per heavy atom. The van der Waals surface area contributed by atoms with Gasteiger partial charge in [0.25, 0.3) is 0 Å². The lowest BCUT2D eigenvalue weighted by Gasteiger charge is -2.32. The van der Waals surface area contributed by atoms with Gasteiger partial charge in [0.15, 0.2) is 0 Å². The van der Waals surface area contributed by atoms with Crippen LogP contribution in [0.4, 0.5) is 13.2 Å². The van der Waals surface area contributed by atoms with Crippen molar-refractivity contribution in [2.75, 3.05) is 6.54 Å². The van der Waals surface area contributed by atoms with Gasteiger partial charge >= 0.3 is 6.18 Å². The largest absolute Gasteiger partial charge is 0.416 e. The molecule has 0 unspecified atom stereocenters. The predicted octanol–water partition coefficient (Wildman–Crippen LogP) is 2.69. The second kappa shape index (κ2) is 12.0. The van der Waals surface area contributed by atoms with Gasteiger partial charge in [-0.2, -0.15) is 13.2 Å². The van der Waals surface area contributed by atoms with Crippen LogP contribution in [0.3, 0.4) is 0 Å². The average Bonchev–Trinajstić information content (AvgIpc) is 2.68. The van der Waals surface area contributed by atoms with Crippen LogP contribution in [0.5, 0.6) is 0 Å². The number of benzene rings is 1. The van der Waals surface area contributed by atoms with Gasteiger partial charge in [0.1, 0.15) is 18.0 Å². The van der Waals surface area contributed by atoms with E-state index in [0.717, 1.165) is 6.07 Å². The number of rotatable bonds is 11. The average molecular weight is 503 g/mol. The Morgan fingerprint density at radius 2 is 1.63 bits per heavy atom. The van der Waals surface area contributed by atoms with Gasteiger partial charge < -0.3 is 16.4 Å². The number of nitrogens with zero attached hydrogens (tertiary/aromatic N) is 1. The minimum atomic E-state index is -4.67. The van der Waals surface area contributed by atoms with E-state index in [4.69, 9.17) is 5.73 Å². The molecular formula is C23H33F3N4O5. The monoisotopic (exact) mass is 502 g/mol. The number of nitrogens with two attached hydrogens (primary N) is 1. The molecule has 0 aliphatic rings. The third kappa shape index (κ3) is 9.53. The van der Waals surface area contributed by atoms with E-state index in [9.17, 15) is 37.7 Å². The maximum absolute atomic E-state index is 13.3. The predicted molar refractivity (Wildman–Crippen MR) is 122 cm³/mol. The van der Waals surface area contributed by atoms with Crippen molar-refractivity contribution in [3.63, 3.8) is 0 Å². The summed E-state index contributed by atoms with van der Waals surface area (Å²) in [4.78, 5) is 48.3. The maximum atomic E-state index is 13.3. The minimum Gasteiger partial charge on any atom is -0.368 e. The third-order valence-electron chi connectivity index (χ3n) is 5.32. The lowest BCUT2D eigenvalue weighted by Crippen LogP contribution is -2.58. The summed E-state index contributed by atoms with van der Waals surface area (Å²) in [5, 5.41) is 15.9. The summed E-state index contributed by atoms with van der Waals surface area (Å²) in [5.74, 6) is -3.62. The Labute approximate surface area is 202 Å². The first-order valence-electron chi connectivity index (χ1n) is 11.1. The highest BCUT2D eigenvalue weighted by molar-refractivity contribution is 5.92. The summed E-state index contributed by atoms with van der Waals surface area (Å²) < 4.78 is 40.0. The topological polar surface area (TPSA) is 144 Å². The number of amides is 3. The van der Waals surface area contributed by atoms with Gasteiger partial charge in [-0.1, -0.05) is 52.8 Å². The third-order valence-corrected chi connectivity index (χ3v) is 5.32. The van der Waals surface area contributed by atoms with Crippen LogP contribution in [-0.4, -0.2) is 41.3 Å². The maximum Gasteiger partial charge on any atom is 0.416 e. The van der Waals surface area contributed by atoms with Crippen molar-refractivity contribution < 1.29 is 32.5 Å². The summed E-state index contributed by atoms with van der Waals surface area (Å²) in [6, 6.07) is 1.88. The highest BCUT2D eigenvalue weighted by Gasteiger charge is 2.38. The number of halogens is 3. The number of nitro groups is 1. The second-order valence-electron chi connectivity index (χ2n) is 9.97. The van der Waals surface area contributed by atoms with E-state index in [1.807, 2.05) is 0 Å². The van der Waals surface area contributed by atoms with E-state index in [2.05, 4.69) is 10.6 Å². The number of carbonyl (C=O) groups is 3. The molecule has 0 radical (unpaired) electrons. The van der Waals surface area contributed by atoms with Crippen LogP contribution in [0, 0.1) is 27.4 Å². The first kappa shape index (κ1) is 29.9. The quantitative estimate of drug-likeness (QED) is 0.315. The van der Waals surface area contributed by atoms with E-state index < -0.39 is 70.8 Å². The molecule has 3 atom stereocenters. The van der Waals surface area contributed by atoms with Crippen molar-refractivity contribution in [3.8, 4) is 0 Å². The van der Waals surface area contributed by atoms with Gasteiger partial charge in [0, 0.05) is 11.3 Å².